The molecule has 0 bridgehead atoms. The van der Waals surface area contributed by atoms with Gasteiger partial charge in [0.2, 0.25) is 0 Å². The van der Waals surface area contributed by atoms with Gasteiger partial charge in [0.1, 0.15) is 0 Å². The van der Waals surface area contributed by atoms with Gasteiger partial charge in [-0.1, -0.05) is 18.7 Å². The standard InChI is InChI=1S/C7H13N/c1-4-5-6-7(2)8-3/h4-5,8H,2,6H2,1,3H3/b5-4+. The van der Waals surface area contributed by atoms with Gasteiger partial charge in [-0.25, -0.2) is 0 Å². The molecule has 0 amide bonds. The average molecular weight is 111 g/mol. The van der Waals surface area contributed by atoms with Crippen molar-refractivity contribution in [2.45, 2.75) is 13.3 Å². The van der Waals surface area contributed by atoms with E-state index < -0.39 is 0 Å². The van der Waals surface area contributed by atoms with Crippen LogP contribution in [0.4, 0.5) is 0 Å². The lowest BCUT2D eigenvalue weighted by atomic mass is 10.3. The number of rotatable bonds is 3. The number of hydrogen-bond donors (Lipinski definition) is 1. The van der Waals surface area contributed by atoms with Gasteiger partial charge >= 0.3 is 0 Å². The highest BCUT2D eigenvalue weighted by atomic mass is 14.8. The summed E-state index contributed by atoms with van der Waals surface area (Å²) in [6, 6.07) is 0. The van der Waals surface area contributed by atoms with Gasteiger partial charge in [-0.3, -0.25) is 0 Å². The van der Waals surface area contributed by atoms with Gasteiger partial charge in [-0.2, -0.15) is 0 Å². The monoisotopic (exact) mass is 111 g/mol. The van der Waals surface area contributed by atoms with Crippen LogP contribution in [0, 0.1) is 0 Å². The summed E-state index contributed by atoms with van der Waals surface area (Å²) >= 11 is 0. The number of allylic oxidation sites excluding steroid dienone is 2. The topological polar surface area (TPSA) is 12.0 Å². The Morgan fingerprint density at radius 1 is 1.75 bits per heavy atom. The van der Waals surface area contributed by atoms with Gasteiger partial charge in [0.25, 0.3) is 0 Å². The van der Waals surface area contributed by atoms with E-state index >= 15 is 0 Å². The summed E-state index contributed by atoms with van der Waals surface area (Å²) < 4.78 is 0. The first-order valence-corrected chi connectivity index (χ1v) is 2.78. The van der Waals surface area contributed by atoms with Crippen molar-refractivity contribution in [1.29, 1.82) is 0 Å². The molecule has 1 nitrogen and oxygen atoms in total. The molecule has 46 valence electrons. The predicted octanol–water partition coefficient (Wildman–Crippen LogP) is 1.69. The van der Waals surface area contributed by atoms with Crippen molar-refractivity contribution < 1.29 is 0 Å². The Morgan fingerprint density at radius 2 is 2.38 bits per heavy atom. The largest absolute Gasteiger partial charge is 0.392 e. The van der Waals surface area contributed by atoms with Crippen molar-refractivity contribution in [2.24, 2.45) is 0 Å². The van der Waals surface area contributed by atoms with E-state index in [0.29, 0.717) is 0 Å². The highest BCUT2D eigenvalue weighted by Gasteiger charge is 1.79. The molecule has 0 aromatic heterocycles. The van der Waals surface area contributed by atoms with Gasteiger partial charge in [0.05, 0.1) is 0 Å². The third-order valence-corrected chi connectivity index (χ3v) is 0.954. The lowest BCUT2D eigenvalue weighted by Crippen LogP contribution is -2.01. The molecule has 8 heavy (non-hydrogen) atoms. The third-order valence-electron chi connectivity index (χ3n) is 0.954. The van der Waals surface area contributed by atoms with E-state index in [9.17, 15) is 0 Å². The maximum absolute atomic E-state index is 3.75. The van der Waals surface area contributed by atoms with Crippen molar-refractivity contribution in [3.8, 4) is 0 Å². The summed E-state index contributed by atoms with van der Waals surface area (Å²) in [6.07, 6.45) is 5.02. The molecule has 1 N–H and O–H groups in total. The van der Waals surface area contributed by atoms with Gasteiger partial charge in [0.15, 0.2) is 0 Å². The molecule has 1 heteroatoms. The predicted molar refractivity (Wildman–Crippen MR) is 37.6 cm³/mol. The molecule has 0 saturated carbocycles. The van der Waals surface area contributed by atoms with Crippen molar-refractivity contribution in [1.82, 2.24) is 5.32 Å². The van der Waals surface area contributed by atoms with Crippen molar-refractivity contribution in [3.63, 3.8) is 0 Å². The van der Waals surface area contributed by atoms with E-state index in [1.807, 2.05) is 20.0 Å². The van der Waals surface area contributed by atoms with Crippen LogP contribution < -0.4 is 5.32 Å². The Morgan fingerprint density at radius 3 is 2.75 bits per heavy atom. The Kier molecular flexibility index (Phi) is 4.04. The van der Waals surface area contributed by atoms with Gasteiger partial charge in [-0.05, 0) is 6.92 Å². The summed E-state index contributed by atoms with van der Waals surface area (Å²) in [5, 5.41) is 2.95. The molecule has 0 fully saturated rings. The summed E-state index contributed by atoms with van der Waals surface area (Å²) in [4.78, 5) is 0. The van der Waals surface area contributed by atoms with Crippen molar-refractivity contribution in [3.05, 3.63) is 24.4 Å². The quantitative estimate of drug-likeness (QED) is 0.546. The maximum atomic E-state index is 3.75. The van der Waals surface area contributed by atoms with E-state index in [4.69, 9.17) is 0 Å². The molecular formula is C7H13N. The lowest BCUT2D eigenvalue weighted by Gasteiger charge is -1.96. The third kappa shape index (κ3) is 3.47. The maximum Gasteiger partial charge on any atom is 0.00693 e. The van der Waals surface area contributed by atoms with Gasteiger partial charge < -0.3 is 5.32 Å². The summed E-state index contributed by atoms with van der Waals surface area (Å²) in [6.45, 7) is 5.75. The Hall–Kier alpha value is -0.720. The minimum Gasteiger partial charge on any atom is -0.392 e. The van der Waals surface area contributed by atoms with Crippen LogP contribution in [0.3, 0.4) is 0 Å². The van der Waals surface area contributed by atoms with Crippen LogP contribution in [0.15, 0.2) is 24.4 Å². The molecule has 0 atom stereocenters. The second-order valence-corrected chi connectivity index (χ2v) is 1.63. The smallest absolute Gasteiger partial charge is 0.00693 e. The second-order valence-electron chi connectivity index (χ2n) is 1.63. The molecular weight excluding hydrogens is 98.1 g/mol. The first kappa shape index (κ1) is 7.28. The molecule has 0 aliphatic rings. The van der Waals surface area contributed by atoms with Crippen LogP contribution in [0.1, 0.15) is 13.3 Å². The van der Waals surface area contributed by atoms with E-state index in [1.54, 1.807) is 0 Å². The molecule has 0 radical (unpaired) electrons. The second kappa shape index (κ2) is 4.44. The zero-order valence-electron chi connectivity index (χ0n) is 5.57. The normalized spacial score (nSPS) is 9.75. The SMILES string of the molecule is C=C(C/C=C/C)NC. The highest BCUT2D eigenvalue weighted by molar-refractivity contribution is 4.97. The molecule has 0 spiro atoms. The fourth-order valence-electron chi connectivity index (χ4n) is 0.362. The number of nitrogens with one attached hydrogen (secondary N) is 1. The van der Waals surface area contributed by atoms with Crippen molar-refractivity contribution in [2.75, 3.05) is 7.05 Å². The van der Waals surface area contributed by atoms with Crippen LogP contribution in [0.2, 0.25) is 0 Å². The average Bonchev–Trinajstić information content (AvgIpc) is 1.83. The number of hydrogen-bond acceptors (Lipinski definition) is 1. The first-order chi connectivity index (χ1) is 3.81. The highest BCUT2D eigenvalue weighted by Crippen LogP contribution is 1.91. The molecule has 0 aromatic rings. The minimum atomic E-state index is 0.938. The Bertz CT molecular complexity index is 92.6. The van der Waals surface area contributed by atoms with Crippen LogP contribution in [-0.2, 0) is 0 Å². The van der Waals surface area contributed by atoms with E-state index in [1.165, 1.54) is 0 Å². The fourth-order valence-corrected chi connectivity index (χ4v) is 0.362. The van der Waals surface area contributed by atoms with Gasteiger partial charge in [-0.15, -0.1) is 0 Å². The van der Waals surface area contributed by atoms with E-state index in [-0.39, 0.29) is 0 Å². The Balaban J connectivity index is 3.25. The van der Waals surface area contributed by atoms with Crippen LogP contribution in [-0.4, -0.2) is 7.05 Å². The molecule has 0 rings (SSSR count). The zero-order chi connectivity index (χ0) is 6.41. The van der Waals surface area contributed by atoms with E-state index in [0.717, 1.165) is 12.1 Å². The molecule has 0 saturated heterocycles. The summed E-state index contributed by atoms with van der Waals surface area (Å²) in [7, 11) is 1.88. The molecule has 0 aromatic carbocycles. The molecule has 0 unspecified atom stereocenters. The first-order valence-electron chi connectivity index (χ1n) is 2.78. The molecule has 0 aliphatic heterocycles. The summed E-state index contributed by atoms with van der Waals surface area (Å²) in [5.41, 5.74) is 1.06. The fraction of sp³-hybridized carbons (Fsp3) is 0.429. The molecule has 0 heterocycles. The minimum absolute atomic E-state index is 0.938. The van der Waals surface area contributed by atoms with Crippen LogP contribution in [0.5, 0.6) is 0 Å². The Labute approximate surface area is 51.1 Å². The van der Waals surface area contributed by atoms with Crippen LogP contribution in [0.25, 0.3) is 0 Å². The zero-order valence-corrected chi connectivity index (χ0v) is 5.57. The van der Waals surface area contributed by atoms with Crippen molar-refractivity contribution >= 4 is 0 Å². The van der Waals surface area contributed by atoms with E-state index in [2.05, 4.69) is 18.0 Å². The lowest BCUT2D eigenvalue weighted by molar-refractivity contribution is 0.946. The van der Waals surface area contributed by atoms with Crippen LogP contribution >= 0.6 is 0 Å². The molecule has 0 aliphatic carbocycles. The summed E-state index contributed by atoms with van der Waals surface area (Å²) in [5.74, 6) is 0. The van der Waals surface area contributed by atoms with Gasteiger partial charge in [0, 0.05) is 19.2 Å².